The van der Waals surface area contributed by atoms with E-state index in [9.17, 15) is 52.7 Å². The van der Waals surface area contributed by atoms with Crippen molar-refractivity contribution in [2.24, 2.45) is 11.3 Å². The summed E-state index contributed by atoms with van der Waals surface area (Å²) in [4.78, 5) is 0. The fraction of sp³-hybridized carbons (Fsp3) is 0.833. The SMILES string of the molecule is CC(CC1CC2(F)C(F)=C(F)C1(F)C2(F)F)(C(F)(F)F)C(F)(F)F. The Balaban J connectivity index is 2.54. The summed E-state index contributed by atoms with van der Waals surface area (Å²) < 4.78 is 159. The van der Waals surface area contributed by atoms with Gasteiger partial charge in [0, 0.05) is 12.3 Å². The second-order valence-electron chi connectivity index (χ2n) is 6.15. The van der Waals surface area contributed by atoms with E-state index in [1.807, 2.05) is 0 Å². The summed E-state index contributed by atoms with van der Waals surface area (Å²) in [6.45, 7) is -0.441. The van der Waals surface area contributed by atoms with Gasteiger partial charge in [-0.25, -0.2) is 17.6 Å². The molecule has 0 heterocycles. The van der Waals surface area contributed by atoms with Crippen molar-refractivity contribution in [3.05, 3.63) is 11.7 Å². The maximum absolute atomic E-state index is 14.3. The van der Waals surface area contributed by atoms with Gasteiger partial charge in [-0.3, -0.25) is 0 Å². The molecule has 0 aromatic heterocycles. The third-order valence-electron chi connectivity index (χ3n) is 4.81. The van der Waals surface area contributed by atoms with Crippen LogP contribution in [0.25, 0.3) is 0 Å². The van der Waals surface area contributed by atoms with Crippen LogP contribution in [0.5, 0.6) is 0 Å². The topological polar surface area (TPSA) is 0 Å². The van der Waals surface area contributed by atoms with Crippen LogP contribution in [-0.2, 0) is 0 Å². The van der Waals surface area contributed by atoms with Crippen molar-refractivity contribution >= 4 is 0 Å². The Morgan fingerprint density at radius 3 is 1.58 bits per heavy atom. The van der Waals surface area contributed by atoms with E-state index in [0.29, 0.717) is 0 Å². The lowest BCUT2D eigenvalue weighted by atomic mass is 9.73. The number of allylic oxidation sites excluding steroid dienone is 2. The summed E-state index contributed by atoms with van der Waals surface area (Å²) in [5.74, 6) is -14.4. The number of fused-ring (bicyclic) bond motifs is 2. The Hall–Kier alpha value is -1.10. The van der Waals surface area contributed by atoms with E-state index < -0.39 is 72.4 Å². The predicted molar refractivity (Wildman–Crippen MR) is 54.8 cm³/mol. The molecule has 0 aromatic rings. The summed E-state index contributed by atoms with van der Waals surface area (Å²) in [5.41, 5.74) is -14.2. The molecule has 2 bridgehead atoms. The molecule has 2 aliphatic carbocycles. The van der Waals surface area contributed by atoms with Crippen LogP contribution in [0.2, 0.25) is 0 Å². The molecule has 3 unspecified atom stereocenters. The molecule has 3 atom stereocenters. The molecule has 0 saturated heterocycles. The van der Waals surface area contributed by atoms with E-state index in [1.54, 1.807) is 0 Å². The third kappa shape index (κ3) is 1.85. The Bertz CT molecular complexity index is 570. The highest BCUT2D eigenvalue weighted by Crippen LogP contribution is 2.72. The molecule has 0 aliphatic heterocycles. The minimum Gasteiger partial charge on any atom is -0.229 e. The molecular formula is C12H8F12. The average molecular weight is 380 g/mol. The van der Waals surface area contributed by atoms with Gasteiger partial charge in [0.05, 0.1) is 0 Å². The maximum Gasteiger partial charge on any atom is 0.402 e. The van der Waals surface area contributed by atoms with Gasteiger partial charge in [-0.2, -0.15) is 35.1 Å². The van der Waals surface area contributed by atoms with Gasteiger partial charge in [-0.05, 0) is 13.3 Å². The van der Waals surface area contributed by atoms with Crippen molar-refractivity contribution in [2.75, 3.05) is 0 Å². The normalized spacial score (nSPS) is 36.6. The van der Waals surface area contributed by atoms with E-state index in [2.05, 4.69) is 0 Å². The second kappa shape index (κ2) is 4.54. The zero-order chi connectivity index (χ0) is 19.1. The monoisotopic (exact) mass is 380 g/mol. The van der Waals surface area contributed by atoms with Gasteiger partial charge in [0.15, 0.2) is 17.1 Å². The molecule has 0 spiro atoms. The molecular weight excluding hydrogens is 372 g/mol. The van der Waals surface area contributed by atoms with Gasteiger partial charge in [-0.1, -0.05) is 0 Å². The smallest absolute Gasteiger partial charge is 0.229 e. The molecule has 24 heavy (non-hydrogen) atoms. The number of hydrogen-bond donors (Lipinski definition) is 0. The van der Waals surface area contributed by atoms with E-state index in [4.69, 9.17) is 0 Å². The van der Waals surface area contributed by atoms with Crippen LogP contribution in [0.1, 0.15) is 19.8 Å². The van der Waals surface area contributed by atoms with Crippen LogP contribution in [0, 0.1) is 11.3 Å². The van der Waals surface area contributed by atoms with Crippen molar-refractivity contribution in [3.8, 4) is 0 Å². The van der Waals surface area contributed by atoms with E-state index >= 15 is 0 Å². The van der Waals surface area contributed by atoms with Gasteiger partial charge in [0.25, 0.3) is 0 Å². The van der Waals surface area contributed by atoms with Crippen molar-refractivity contribution in [1.29, 1.82) is 0 Å². The van der Waals surface area contributed by atoms with Crippen molar-refractivity contribution in [1.82, 2.24) is 0 Å². The first-order valence-corrected chi connectivity index (χ1v) is 6.33. The van der Waals surface area contributed by atoms with Gasteiger partial charge in [0.2, 0.25) is 11.3 Å². The fourth-order valence-corrected chi connectivity index (χ4v) is 3.13. The summed E-state index contributed by atoms with van der Waals surface area (Å²) in [5, 5.41) is 0. The van der Waals surface area contributed by atoms with Crippen LogP contribution in [0.15, 0.2) is 11.7 Å². The van der Waals surface area contributed by atoms with Gasteiger partial charge in [0.1, 0.15) is 0 Å². The molecule has 1 fully saturated rings. The highest BCUT2D eigenvalue weighted by molar-refractivity contribution is 5.45. The van der Waals surface area contributed by atoms with Crippen molar-refractivity contribution in [2.45, 2.75) is 49.4 Å². The first-order valence-electron chi connectivity index (χ1n) is 6.33. The summed E-state index contributed by atoms with van der Waals surface area (Å²) in [7, 11) is 0. The average Bonchev–Trinajstić information content (AvgIpc) is 2.58. The van der Waals surface area contributed by atoms with E-state index in [1.165, 1.54) is 0 Å². The van der Waals surface area contributed by atoms with E-state index in [0.717, 1.165) is 0 Å². The molecule has 12 heteroatoms. The standard InChI is InChI=1S/C12H8F12/c1-7(11(19,20)21,12(22,23)24)2-4-3-8(15)5(13)6(14)9(4,16)10(8,17)18/h4H,2-3H2,1H3. The number of rotatable bonds is 2. The molecule has 0 radical (unpaired) electrons. The van der Waals surface area contributed by atoms with Crippen molar-refractivity contribution < 1.29 is 52.7 Å². The quantitative estimate of drug-likeness (QED) is 0.536. The maximum atomic E-state index is 14.3. The number of halogens is 12. The Labute approximate surface area is 126 Å². The van der Waals surface area contributed by atoms with Gasteiger partial charge in [-0.15, -0.1) is 0 Å². The first-order chi connectivity index (χ1) is 10.4. The van der Waals surface area contributed by atoms with E-state index in [-0.39, 0.29) is 0 Å². The second-order valence-corrected chi connectivity index (χ2v) is 6.15. The van der Waals surface area contributed by atoms with Crippen LogP contribution >= 0.6 is 0 Å². The molecule has 0 N–H and O–H groups in total. The Morgan fingerprint density at radius 2 is 1.29 bits per heavy atom. The molecule has 1 saturated carbocycles. The molecule has 0 amide bonds. The molecule has 0 aromatic carbocycles. The lowest BCUT2D eigenvalue weighted by Crippen LogP contribution is -2.52. The largest absolute Gasteiger partial charge is 0.402 e. The lowest BCUT2D eigenvalue weighted by molar-refractivity contribution is -0.341. The Morgan fingerprint density at radius 1 is 0.875 bits per heavy atom. The van der Waals surface area contributed by atoms with Gasteiger partial charge < -0.3 is 0 Å². The molecule has 0 nitrogen and oxygen atoms in total. The van der Waals surface area contributed by atoms with Crippen LogP contribution < -0.4 is 0 Å². The zero-order valence-corrected chi connectivity index (χ0v) is 11.5. The number of hydrogen-bond acceptors (Lipinski definition) is 0. The third-order valence-corrected chi connectivity index (χ3v) is 4.81. The minimum atomic E-state index is -6.07. The summed E-state index contributed by atoms with van der Waals surface area (Å²) >= 11 is 0. The number of alkyl halides is 10. The molecule has 2 aliphatic rings. The Kier molecular flexibility index (Phi) is 3.64. The van der Waals surface area contributed by atoms with Gasteiger partial charge >= 0.3 is 18.3 Å². The first kappa shape index (κ1) is 19.2. The van der Waals surface area contributed by atoms with Crippen LogP contribution in [0.3, 0.4) is 0 Å². The predicted octanol–water partition coefficient (Wildman–Crippen LogP) is 5.74. The molecule has 140 valence electrons. The summed E-state index contributed by atoms with van der Waals surface area (Å²) in [6.07, 6.45) is -16.6. The molecule has 2 rings (SSSR count). The minimum absolute atomic E-state index is 0.441. The fourth-order valence-electron chi connectivity index (χ4n) is 3.13. The van der Waals surface area contributed by atoms with Crippen molar-refractivity contribution in [3.63, 3.8) is 0 Å². The highest BCUT2D eigenvalue weighted by Gasteiger charge is 2.87. The highest BCUT2D eigenvalue weighted by atomic mass is 19.4. The van der Waals surface area contributed by atoms with Crippen LogP contribution in [-0.4, -0.2) is 29.6 Å². The summed E-state index contributed by atoms with van der Waals surface area (Å²) in [6, 6.07) is 0. The van der Waals surface area contributed by atoms with Crippen LogP contribution in [0.4, 0.5) is 52.7 Å². The zero-order valence-electron chi connectivity index (χ0n) is 11.5. The lowest BCUT2D eigenvalue weighted by Gasteiger charge is -2.38.